The molecule has 164 valence electrons. The molecule has 12 heteroatoms. The molecule has 0 saturated carbocycles. The third kappa shape index (κ3) is 4.58. The molecular weight excluding hydrogens is 455 g/mol. The van der Waals surface area contributed by atoms with Crippen LogP contribution in [0, 0.1) is 5.82 Å². The molecule has 1 aromatic carbocycles. The van der Waals surface area contributed by atoms with Crippen molar-refractivity contribution in [2.75, 3.05) is 6.61 Å². The highest BCUT2D eigenvalue weighted by atomic mass is 35.5. The minimum atomic E-state index is -2.49. The molecule has 0 spiro atoms. The van der Waals surface area contributed by atoms with E-state index in [1.165, 1.54) is 47.4 Å². The lowest BCUT2D eigenvalue weighted by molar-refractivity contribution is -0.134. The second kappa shape index (κ2) is 8.93. The van der Waals surface area contributed by atoms with Crippen molar-refractivity contribution >= 4 is 29.5 Å². The van der Waals surface area contributed by atoms with E-state index in [0.29, 0.717) is 10.6 Å². The van der Waals surface area contributed by atoms with E-state index >= 15 is 0 Å². The number of amides is 1. The Kier molecular flexibility index (Phi) is 6.26. The first-order valence-electron chi connectivity index (χ1n) is 9.25. The van der Waals surface area contributed by atoms with E-state index in [4.69, 9.17) is 11.6 Å². The van der Waals surface area contributed by atoms with Crippen molar-refractivity contribution in [3.05, 3.63) is 64.5 Å². The summed E-state index contributed by atoms with van der Waals surface area (Å²) in [6.07, 6.45) is 2.25. The Morgan fingerprint density at radius 2 is 2.10 bits per heavy atom. The lowest BCUT2D eigenvalue weighted by Crippen LogP contribution is -2.33. The van der Waals surface area contributed by atoms with E-state index < -0.39 is 31.3 Å². The molecule has 1 aliphatic heterocycles. The normalized spacial score (nSPS) is 14.3. The number of alkyl halides is 2. The maximum absolute atomic E-state index is 13.8. The Bertz CT molecular complexity index is 1080. The number of fused-ring (bicyclic) bond motifs is 1. The summed E-state index contributed by atoms with van der Waals surface area (Å²) >= 11 is 7.20. The van der Waals surface area contributed by atoms with Gasteiger partial charge in [-0.2, -0.15) is 10.2 Å². The second-order valence-corrected chi connectivity index (χ2v) is 8.36. The SMILES string of the molecule is O=C(C(CO)c1cccc(F)c1Cl)N1Cc2cn(Sc3cnn(CC(F)F)c3)nc2C1. The fraction of sp³-hybridized carbons (Fsp3) is 0.316. The number of carbonyl (C=O) groups is 1. The predicted octanol–water partition coefficient (Wildman–Crippen LogP) is 3.31. The van der Waals surface area contributed by atoms with Crippen LogP contribution in [0.5, 0.6) is 0 Å². The summed E-state index contributed by atoms with van der Waals surface area (Å²) in [4.78, 5) is 15.1. The molecule has 31 heavy (non-hydrogen) atoms. The molecule has 0 bridgehead atoms. The molecule has 0 saturated heterocycles. The molecule has 1 amide bonds. The summed E-state index contributed by atoms with van der Waals surface area (Å²) in [6, 6.07) is 4.15. The van der Waals surface area contributed by atoms with Gasteiger partial charge in [0.15, 0.2) is 0 Å². The first-order valence-corrected chi connectivity index (χ1v) is 10.4. The van der Waals surface area contributed by atoms with Gasteiger partial charge in [0.1, 0.15) is 12.4 Å². The Hall–Kier alpha value is -2.50. The maximum atomic E-state index is 13.8. The Labute approximate surface area is 184 Å². The topological polar surface area (TPSA) is 76.2 Å². The number of aromatic nitrogens is 4. The van der Waals surface area contributed by atoms with Crippen LogP contribution in [0.25, 0.3) is 0 Å². The molecule has 3 aromatic rings. The van der Waals surface area contributed by atoms with Crippen LogP contribution in [0.15, 0.2) is 41.7 Å². The largest absolute Gasteiger partial charge is 0.395 e. The molecule has 0 radical (unpaired) electrons. The predicted molar refractivity (Wildman–Crippen MR) is 107 cm³/mol. The molecule has 0 aliphatic carbocycles. The highest BCUT2D eigenvalue weighted by Crippen LogP contribution is 2.32. The van der Waals surface area contributed by atoms with Crippen molar-refractivity contribution in [1.29, 1.82) is 0 Å². The number of halogens is 4. The molecule has 0 fully saturated rings. The minimum Gasteiger partial charge on any atom is -0.395 e. The number of nitrogens with zero attached hydrogens (tertiary/aromatic N) is 5. The Balaban J connectivity index is 1.43. The van der Waals surface area contributed by atoms with E-state index in [9.17, 15) is 23.1 Å². The molecule has 1 unspecified atom stereocenters. The minimum absolute atomic E-state index is 0.180. The first-order chi connectivity index (χ1) is 14.9. The van der Waals surface area contributed by atoms with Gasteiger partial charge in [0.2, 0.25) is 5.91 Å². The lowest BCUT2D eigenvalue weighted by Gasteiger charge is -2.23. The quantitative estimate of drug-likeness (QED) is 0.572. The average molecular weight is 472 g/mol. The van der Waals surface area contributed by atoms with Gasteiger partial charge in [0.25, 0.3) is 6.43 Å². The van der Waals surface area contributed by atoms with Crippen LogP contribution in [0.3, 0.4) is 0 Å². The smallest absolute Gasteiger partial charge is 0.257 e. The van der Waals surface area contributed by atoms with Crippen molar-refractivity contribution in [3.63, 3.8) is 0 Å². The number of benzene rings is 1. The molecule has 1 N–H and O–H groups in total. The summed E-state index contributed by atoms with van der Waals surface area (Å²) < 4.78 is 41.4. The van der Waals surface area contributed by atoms with Crippen molar-refractivity contribution in [3.8, 4) is 0 Å². The maximum Gasteiger partial charge on any atom is 0.257 e. The monoisotopic (exact) mass is 471 g/mol. The summed E-state index contributed by atoms with van der Waals surface area (Å²) in [5.74, 6) is -2.00. The molecule has 7 nitrogen and oxygen atoms in total. The third-order valence-electron chi connectivity index (χ3n) is 4.84. The van der Waals surface area contributed by atoms with Crippen LogP contribution >= 0.6 is 23.5 Å². The van der Waals surface area contributed by atoms with Crippen LogP contribution in [-0.2, 0) is 24.4 Å². The molecule has 3 heterocycles. The van der Waals surface area contributed by atoms with E-state index in [1.807, 2.05) is 0 Å². The van der Waals surface area contributed by atoms with E-state index in [0.717, 1.165) is 10.2 Å². The van der Waals surface area contributed by atoms with Crippen LogP contribution in [0.4, 0.5) is 13.2 Å². The first kappa shape index (κ1) is 21.7. The van der Waals surface area contributed by atoms with E-state index in [1.54, 1.807) is 10.3 Å². The average Bonchev–Trinajstić information content (AvgIpc) is 3.40. The van der Waals surface area contributed by atoms with Crippen molar-refractivity contribution in [2.45, 2.75) is 36.9 Å². The standard InChI is InChI=1S/C19H17ClF3N5O2S/c20-18-13(2-1-3-15(18)21)14(10-29)19(30)26-5-11-6-28(25-16(11)8-26)31-12-4-24-27(7-12)9-17(22)23/h1-4,6-7,14,17,29H,5,8-10H2. The van der Waals surface area contributed by atoms with Gasteiger partial charge in [-0.1, -0.05) is 23.7 Å². The molecular formula is C19H17ClF3N5O2S. The summed E-state index contributed by atoms with van der Waals surface area (Å²) in [5, 5.41) is 17.9. The number of aliphatic hydroxyl groups excluding tert-OH is 1. The van der Waals surface area contributed by atoms with Crippen molar-refractivity contribution in [1.82, 2.24) is 23.9 Å². The van der Waals surface area contributed by atoms with Crippen molar-refractivity contribution in [2.24, 2.45) is 0 Å². The van der Waals surface area contributed by atoms with Gasteiger partial charge in [-0.15, -0.1) is 0 Å². The van der Waals surface area contributed by atoms with Gasteiger partial charge < -0.3 is 10.0 Å². The number of rotatable bonds is 7. The highest BCUT2D eigenvalue weighted by molar-refractivity contribution is 7.97. The summed E-state index contributed by atoms with van der Waals surface area (Å²) in [7, 11) is 0. The van der Waals surface area contributed by atoms with Gasteiger partial charge >= 0.3 is 0 Å². The molecule has 4 rings (SSSR count). The molecule has 1 aliphatic rings. The number of hydrogen-bond donors (Lipinski definition) is 1. The highest BCUT2D eigenvalue weighted by Gasteiger charge is 2.33. The number of aliphatic hydroxyl groups is 1. The van der Waals surface area contributed by atoms with Gasteiger partial charge in [-0.3, -0.25) is 9.48 Å². The zero-order chi connectivity index (χ0) is 22.1. The van der Waals surface area contributed by atoms with E-state index in [2.05, 4.69) is 10.2 Å². The number of hydrogen-bond acceptors (Lipinski definition) is 5. The summed E-state index contributed by atoms with van der Waals surface area (Å²) in [5.41, 5.74) is 1.74. The Morgan fingerprint density at radius 3 is 2.81 bits per heavy atom. The van der Waals surface area contributed by atoms with Crippen LogP contribution in [0.2, 0.25) is 5.02 Å². The van der Waals surface area contributed by atoms with Gasteiger partial charge in [0, 0.05) is 36.4 Å². The second-order valence-electron chi connectivity index (χ2n) is 6.96. The fourth-order valence-electron chi connectivity index (χ4n) is 3.39. The molecule has 1 atom stereocenters. The van der Waals surface area contributed by atoms with Gasteiger partial charge in [-0.25, -0.2) is 17.3 Å². The number of carbonyl (C=O) groups excluding carboxylic acids is 1. The van der Waals surface area contributed by atoms with Crippen LogP contribution < -0.4 is 0 Å². The summed E-state index contributed by atoms with van der Waals surface area (Å²) in [6.45, 7) is -0.470. The van der Waals surface area contributed by atoms with Gasteiger partial charge in [0.05, 0.1) is 40.9 Å². The fourth-order valence-corrected chi connectivity index (χ4v) is 4.45. The van der Waals surface area contributed by atoms with E-state index in [-0.39, 0.29) is 29.6 Å². The Morgan fingerprint density at radius 1 is 1.29 bits per heavy atom. The zero-order valence-electron chi connectivity index (χ0n) is 16.0. The van der Waals surface area contributed by atoms with Crippen LogP contribution in [0.1, 0.15) is 22.7 Å². The van der Waals surface area contributed by atoms with Crippen molar-refractivity contribution < 1.29 is 23.1 Å². The zero-order valence-corrected chi connectivity index (χ0v) is 17.5. The molecule has 2 aromatic heterocycles. The van der Waals surface area contributed by atoms with Crippen LogP contribution in [-0.4, -0.2) is 47.9 Å². The third-order valence-corrected chi connectivity index (χ3v) is 6.04. The lowest BCUT2D eigenvalue weighted by atomic mass is 9.98. The van der Waals surface area contributed by atoms with Gasteiger partial charge in [-0.05, 0) is 11.6 Å².